The average molecular weight is 337 g/mol. The Morgan fingerprint density at radius 1 is 1.26 bits per heavy atom. The third kappa shape index (κ3) is 2.90. The first-order valence-corrected chi connectivity index (χ1v) is 9.74. The van der Waals surface area contributed by atoms with Gasteiger partial charge in [0.1, 0.15) is 0 Å². The summed E-state index contributed by atoms with van der Waals surface area (Å²) in [5, 5.41) is 0. The lowest BCUT2D eigenvalue weighted by Gasteiger charge is -2.45. The van der Waals surface area contributed by atoms with Gasteiger partial charge in [-0.2, -0.15) is 0 Å². The van der Waals surface area contributed by atoms with Crippen LogP contribution in [0.5, 0.6) is 0 Å². The van der Waals surface area contributed by atoms with Crippen molar-refractivity contribution in [3.8, 4) is 0 Å². The Morgan fingerprint density at radius 3 is 2.48 bits per heavy atom. The summed E-state index contributed by atoms with van der Waals surface area (Å²) in [6, 6.07) is 10.1. The maximum absolute atomic E-state index is 13.0. The van der Waals surface area contributed by atoms with E-state index in [1.165, 1.54) is 12.7 Å². The number of likely N-dealkylation sites (tertiary alicyclic amines) is 1. The third-order valence-corrected chi connectivity index (χ3v) is 6.92. The van der Waals surface area contributed by atoms with E-state index in [4.69, 9.17) is 4.74 Å². The lowest BCUT2D eigenvalue weighted by atomic mass is 9.89. The molecule has 1 amide bonds. The van der Waals surface area contributed by atoms with Crippen molar-refractivity contribution in [2.24, 2.45) is 0 Å². The van der Waals surface area contributed by atoms with Crippen LogP contribution in [0.3, 0.4) is 0 Å². The molecule has 1 aromatic carbocycles. The van der Waals surface area contributed by atoms with Crippen LogP contribution in [0.25, 0.3) is 0 Å². The smallest absolute Gasteiger partial charge is 0.257 e. The van der Waals surface area contributed by atoms with Crippen molar-refractivity contribution in [1.29, 1.82) is 0 Å². The van der Waals surface area contributed by atoms with Gasteiger partial charge in [0.2, 0.25) is 0 Å². The number of benzene rings is 1. The highest BCUT2D eigenvalue weighted by molar-refractivity contribution is 7.93. The molecule has 2 fully saturated rings. The summed E-state index contributed by atoms with van der Waals surface area (Å²) in [5.41, 5.74) is -0.285. The van der Waals surface area contributed by atoms with Gasteiger partial charge in [-0.1, -0.05) is 30.3 Å². The molecular weight excluding hydrogens is 314 g/mol. The number of amides is 1. The Morgan fingerprint density at radius 2 is 1.91 bits per heavy atom. The second-order valence-electron chi connectivity index (χ2n) is 6.95. The minimum Gasteiger partial charge on any atom is -0.366 e. The molecule has 0 spiro atoms. The van der Waals surface area contributed by atoms with Gasteiger partial charge >= 0.3 is 0 Å². The fourth-order valence-electron chi connectivity index (χ4n) is 3.83. The number of ether oxygens (including phenoxy) is 1. The molecule has 0 aliphatic carbocycles. The number of carbonyl (C=O) groups is 1. The molecule has 1 atom stereocenters. The van der Waals surface area contributed by atoms with Crippen LogP contribution in [-0.4, -0.2) is 55.5 Å². The predicted octanol–water partition coefficient (Wildman–Crippen LogP) is 1.42. The number of sulfone groups is 1. The van der Waals surface area contributed by atoms with Gasteiger partial charge in [-0.05, 0) is 31.7 Å². The van der Waals surface area contributed by atoms with Gasteiger partial charge in [-0.25, -0.2) is 8.42 Å². The van der Waals surface area contributed by atoms with Crippen LogP contribution in [-0.2, 0) is 25.8 Å². The van der Waals surface area contributed by atoms with Gasteiger partial charge in [-0.15, -0.1) is 0 Å². The molecule has 6 heteroatoms. The summed E-state index contributed by atoms with van der Waals surface area (Å²) < 4.78 is 28.5. The normalized spacial score (nSPS) is 28.3. The molecule has 2 aliphatic rings. The van der Waals surface area contributed by atoms with Crippen molar-refractivity contribution in [1.82, 2.24) is 4.90 Å². The van der Waals surface area contributed by atoms with E-state index >= 15 is 0 Å². The van der Waals surface area contributed by atoms with Crippen molar-refractivity contribution in [3.05, 3.63) is 35.9 Å². The fourth-order valence-corrected chi connectivity index (χ4v) is 5.65. The first kappa shape index (κ1) is 16.5. The molecule has 2 saturated heterocycles. The van der Waals surface area contributed by atoms with E-state index in [-0.39, 0.29) is 23.0 Å². The number of nitrogens with zero attached hydrogens (tertiary/aromatic N) is 1. The quantitative estimate of drug-likeness (QED) is 0.834. The summed E-state index contributed by atoms with van der Waals surface area (Å²) in [6.07, 6.45) is 2.62. The van der Waals surface area contributed by atoms with E-state index in [0.717, 1.165) is 19.3 Å². The van der Waals surface area contributed by atoms with Crippen molar-refractivity contribution in [3.63, 3.8) is 0 Å². The molecule has 2 heterocycles. The van der Waals surface area contributed by atoms with E-state index in [0.29, 0.717) is 6.54 Å². The minimum absolute atomic E-state index is 0.175. The average Bonchev–Trinajstić information content (AvgIpc) is 2.85. The molecule has 0 radical (unpaired) electrons. The molecule has 1 aromatic rings. The zero-order valence-corrected chi connectivity index (χ0v) is 14.4. The number of methoxy groups -OCH3 is 1. The van der Waals surface area contributed by atoms with Gasteiger partial charge in [-0.3, -0.25) is 4.79 Å². The zero-order chi connectivity index (χ0) is 16.7. The highest BCUT2D eigenvalue weighted by Crippen LogP contribution is 2.38. The second kappa shape index (κ2) is 5.60. The maximum atomic E-state index is 13.0. The Hall–Kier alpha value is -1.40. The molecule has 3 rings (SSSR count). The van der Waals surface area contributed by atoms with Crippen LogP contribution in [0.4, 0.5) is 0 Å². The number of carbonyl (C=O) groups excluding carboxylic acids is 1. The Kier molecular flexibility index (Phi) is 4.01. The first-order valence-electron chi connectivity index (χ1n) is 7.92. The molecule has 0 N–H and O–H groups in total. The monoisotopic (exact) mass is 337 g/mol. The SMILES string of the molecule is COC1(C(=O)N2CCCC2(C)Cc2ccccc2)CS(=O)(=O)C1. The van der Waals surface area contributed by atoms with Crippen molar-refractivity contribution < 1.29 is 17.9 Å². The lowest BCUT2D eigenvalue weighted by Crippen LogP contribution is -2.67. The zero-order valence-electron chi connectivity index (χ0n) is 13.6. The summed E-state index contributed by atoms with van der Waals surface area (Å²) in [5.74, 6) is -0.578. The number of hydrogen-bond donors (Lipinski definition) is 0. The van der Waals surface area contributed by atoms with Crippen molar-refractivity contribution >= 4 is 15.7 Å². The lowest BCUT2D eigenvalue weighted by molar-refractivity contribution is -0.155. The minimum atomic E-state index is -3.14. The van der Waals surface area contributed by atoms with Crippen LogP contribution < -0.4 is 0 Å². The Labute approximate surface area is 137 Å². The molecule has 0 bridgehead atoms. The summed E-state index contributed by atoms with van der Waals surface area (Å²) >= 11 is 0. The molecule has 0 saturated carbocycles. The van der Waals surface area contributed by atoms with Crippen LogP contribution in [0.1, 0.15) is 25.3 Å². The van der Waals surface area contributed by atoms with E-state index in [9.17, 15) is 13.2 Å². The Balaban J connectivity index is 1.82. The second-order valence-corrected chi connectivity index (χ2v) is 9.01. The molecule has 1 unspecified atom stereocenters. The van der Waals surface area contributed by atoms with E-state index in [2.05, 4.69) is 19.1 Å². The molecule has 2 aliphatic heterocycles. The van der Waals surface area contributed by atoms with E-state index in [1.54, 1.807) is 0 Å². The van der Waals surface area contributed by atoms with Crippen LogP contribution in [0.15, 0.2) is 30.3 Å². The largest absolute Gasteiger partial charge is 0.366 e. The fraction of sp³-hybridized carbons (Fsp3) is 0.588. The van der Waals surface area contributed by atoms with Gasteiger partial charge < -0.3 is 9.64 Å². The highest BCUT2D eigenvalue weighted by Gasteiger charge is 2.58. The summed E-state index contributed by atoms with van der Waals surface area (Å²) in [4.78, 5) is 14.9. The predicted molar refractivity (Wildman–Crippen MR) is 87.9 cm³/mol. The molecule has 126 valence electrons. The van der Waals surface area contributed by atoms with E-state index < -0.39 is 15.4 Å². The first-order chi connectivity index (χ1) is 10.8. The molecular formula is C17H23NO4S. The summed E-state index contributed by atoms with van der Waals surface area (Å²) in [6.45, 7) is 2.74. The van der Waals surface area contributed by atoms with Gasteiger partial charge in [0.15, 0.2) is 15.4 Å². The van der Waals surface area contributed by atoms with Crippen LogP contribution in [0.2, 0.25) is 0 Å². The van der Waals surface area contributed by atoms with Crippen LogP contribution in [0, 0.1) is 0 Å². The molecule has 5 nitrogen and oxygen atoms in total. The van der Waals surface area contributed by atoms with Gasteiger partial charge in [0, 0.05) is 19.2 Å². The third-order valence-electron chi connectivity index (χ3n) is 5.11. The topological polar surface area (TPSA) is 63.7 Å². The van der Waals surface area contributed by atoms with Crippen molar-refractivity contribution in [2.75, 3.05) is 25.2 Å². The summed E-state index contributed by atoms with van der Waals surface area (Å²) in [7, 11) is -1.72. The van der Waals surface area contributed by atoms with Gasteiger partial charge in [0.05, 0.1) is 11.5 Å². The van der Waals surface area contributed by atoms with Crippen LogP contribution >= 0.6 is 0 Å². The number of hydrogen-bond acceptors (Lipinski definition) is 4. The standard InChI is InChI=1S/C17H23NO4S/c1-16(11-14-7-4-3-5-8-14)9-6-10-18(16)15(19)17(22-2)12-23(20,21)13-17/h3-5,7-8H,6,9-13H2,1-2H3. The molecule has 0 aromatic heterocycles. The maximum Gasteiger partial charge on any atom is 0.257 e. The van der Waals surface area contributed by atoms with Gasteiger partial charge in [0.25, 0.3) is 5.91 Å². The number of rotatable bonds is 4. The Bertz CT molecular complexity index is 689. The highest BCUT2D eigenvalue weighted by atomic mass is 32.2. The van der Waals surface area contributed by atoms with Crippen molar-refractivity contribution in [2.45, 2.75) is 37.3 Å². The molecule has 23 heavy (non-hydrogen) atoms. The van der Waals surface area contributed by atoms with E-state index in [1.807, 2.05) is 23.1 Å².